The van der Waals surface area contributed by atoms with Gasteiger partial charge in [0.05, 0.1) is 18.7 Å². The number of hydrogen-bond acceptors (Lipinski definition) is 6. The maximum absolute atomic E-state index is 14.4. The molecule has 0 unspecified atom stereocenters. The maximum Gasteiger partial charge on any atom is 0.335 e. The van der Waals surface area contributed by atoms with Crippen molar-refractivity contribution in [2.45, 2.75) is 38.0 Å². The third kappa shape index (κ3) is 7.39. The van der Waals surface area contributed by atoms with Gasteiger partial charge in [-0.25, -0.2) is 14.8 Å². The number of phenols is 1. The van der Waals surface area contributed by atoms with Crippen LogP contribution in [0.2, 0.25) is 0 Å². The molecule has 10 heteroatoms. The van der Waals surface area contributed by atoms with Crippen LogP contribution in [0.25, 0.3) is 11.1 Å². The highest BCUT2D eigenvalue weighted by molar-refractivity contribution is 5.92. The summed E-state index contributed by atoms with van der Waals surface area (Å²) < 4.78 is 0. The molecule has 0 aliphatic carbocycles. The van der Waals surface area contributed by atoms with Gasteiger partial charge in [-0.05, 0) is 64.6 Å². The first-order valence-electron chi connectivity index (χ1n) is 16.2. The smallest absolute Gasteiger partial charge is 0.335 e. The number of rotatable bonds is 11. The van der Waals surface area contributed by atoms with Gasteiger partial charge in [0.2, 0.25) is 17.7 Å². The lowest BCUT2D eigenvalue weighted by atomic mass is 9.97. The zero-order valence-corrected chi connectivity index (χ0v) is 27.0. The third-order valence-corrected chi connectivity index (χ3v) is 9.00. The standard InChI is InChI=1S/C39H38N4O6/c1-2-20-41-26-37(46)42-34(22-28-14-17-33(44)18-15-28)38(47)40(25-35(42)43(41)36(45)19-16-27-8-4-3-5-9-27)24-29-10-6-11-30(21-29)31-12-7-13-32(23-31)39(48)49/h2-15,17-18,21,23,34-35,44H,1,16,19-20,22,24-26H2,(H,48,49)/t34-,35-/m0/s1. The van der Waals surface area contributed by atoms with Gasteiger partial charge in [-0.2, -0.15) is 0 Å². The quantitative estimate of drug-likeness (QED) is 0.223. The van der Waals surface area contributed by atoms with Gasteiger partial charge >= 0.3 is 5.97 Å². The van der Waals surface area contributed by atoms with E-state index in [0.717, 1.165) is 27.8 Å². The van der Waals surface area contributed by atoms with Crippen LogP contribution in [-0.2, 0) is 33.8 Å². The number of aryl methyl sites for hydroxylation is 1. The summed E-state index contributed by atoms with van der Waals surface area (Å²) in [4.78, 5) is 57.2. The van der Waals surface area contributed by atoms with Crippen LogP contribution in [0.4, 0.5) is 0 Å². The Morgan fingerprint density at radius 3 is 2.24 bits per heavy atom. The van der Waals surface area contributed by atoms with Crippen LogP contribution in [0.5, 0.6) is 5.75 Å². The summed E-state index contributed by atoms with van der Waals surface area (Å²) in [6.45, 7) is 4.37. The Balaban J connectivity index is 1.34. The number of hydrogen-bond donors (Lipinski definition) is 2. The summed E-state index contributed by atoms with van der Waals surface area (Å²) in [5, 5.41) is 22.7. The third-order valence-electron chi connectivity index (χ3n) is 9.00. The van der Waals surface area contributed by atoms with Crippen LogP contribution in [0, 0.1) is 0 Å². The van der Waals surface area contributed by atoms with Gasteiger partial charge in [0.15, 0.2) is 0 Å². The number of phenolic OH excluding ortho intramolecular Hbond substituents is 1. The van der Waals surface area contributed by atoms with E-state index in [1.54, 1.807) is 62.3 Å². The number of carbonyl (C=O) groups is 4. The number of piperazine rings is 1. The van der Waals surface area contributed by atoms with E-state index in [1.165, 1.54) is 6.07 Å². The van der Waals surface area contributed by atoms with E-state index in [2.05, 4.69) is 6.58 Å². The molecule has 10 nitrogen and oxygen atoms in total. The molecule has 2 saturated heterocycles. The molecule has 2 aliphatic rings. The Kier molecular flexibility index (Phi) is 9.87. The Morgan fingerprint density at radius 2 is 1.53 bits per heavy atom. The average molecular weight is 659 g/mol. The fourth-order valence-corrected chi connectivity index (χ4v) is 6.67. The molecule has 0 aromatic heterocycles. The number of carboxylic acid groups (broad SMARTS) is 1. The summed E-state index contributed by atoms with van der Waals surface area (Å²) >= 11 is 0. The monoisotopic (exact) mass is 658 g/mol. The topological polar surface area (TPSA) is 122 Å². The molecule has 2 atom stereocenters. The number of hydrazine groups is 1. The summed E-state index contributed by atoms with van der Waals surface area (Å²) in [5.74, 6) is -1.58. The molecule has 49 heavy (non-hydrogen) atoms. The largest absolute Gasteiger partial charge is 0.508 e. The molecule has 0 bridgehead atoms. The van der Waals surface area contributed by atoms with E-state index in [9.17, 15) is 29.4 Å². The van der Waals surface area contributed by atoms with Crippen molar-refractivity contribution >= 4 is 23.7 Å². The van der Waals surface area contributed by atoms with Crippen molar-refractivity contribution in [1.29, 1.82) is 0 Å². The van der Waals surface area contributed by atoms with Gasteiger partial charge in [-0.3, -0.25) is 14.4 Å². The van der Waals surface area contributed by atoms with E-state index in [0.29, 0.717) is 6.42 Å². The first-order chi connectivity index (χ1) is 23.7. The van der Waals surface area contributed by atoms with Crippen LogP contribution in [-0.4, -0.2) is 85.6 Å². The highest BCUT2D eigenvalue weighted by Gasteiger charge is 2.51. The van der Waals surface area contributed by atoms with Gasteiger partial charge in [0.25, 0.3) is 0 Å². The lowest BCUT2D eigenvalue weighted by molar-refractivity contribution is -0.205. The first-order valence-corrected chi connectivity index (χ1v) is 16.2. The maximum atomic E-state index is 14.4. The number of carboxylic acids is 1. The number of fused-ring (bicyclic) bond motifs is 1. The average Bonchev–Trinajstić information content (AvgIpc) is 3.10. The number of amides is 3. The minimum Gasteiger partial charge on any atom is -0.508 e. The van der Waals surface area contributed by atoms with Gasteiger partial charge in [-0.1, -0.05) is 78.9 Å². The number of nitrogens with zero attached hydrogens (tertiary/aromatic N) is 4. The SMILES string of the molecule is C=CCN1CC(=O)N2[C@@H](Cc3ccc(O)cc3)C(=O)N(Cc3cccc(-c4cccc(C(=O)O)c4)c3)C[C@@H]2N1C(=O)CCc1ccccc1. The van der Waals surface area contributed by atoms with E-state index < -0.39 is 18.2 Å². The fourth-order valence-electron chi connectivity index (χ4n) is 6.67. The molecule has 0 spiro atoms. The molecule has 2 aliphatic heterocycles. The second-order valence-electron chi connectivity index (χ2n) is 12.3. The van der Waals surface area contributed by atoms with Crippen molar-refractivity contribution in [2.75, 3.05) is 19.6 Å². The molecular weight excluding hydrogens is 620 g/mol. The first kappa shape index (κ1) is 33.2. The molecule has 2 fully saturated rings. The summed E-state index contributed by atoms with van der Waals surface area (Å²) in [6, 6.07) is 29.7. The Hall–Kier alpha value is -5.74. The Bertz CT molecular complexity index is 1860. The van der Waals surface area contributed by atoms with Crippen molar-refractivity contribution in [2.24, 2.45) is 0 Å². The molecule has 4 aromatic rings. The van der Waals surface area contributed by atoms with Crippen LogP contribution >= 0.6 is 0 Å². The second kappa shape index (κ2) is 14.6. The Morgan fingerprint density at radius 1 is 0.837 bits per heavy atom. The van der Waals surface area contributed by atoms with Crippen molar-refractivity contribution in [3.05, 3.63) is 138 Å². The fraction of sp³-hybridized carbons (Fsp3) is 0.231. The number of benzene rings is 4. The molecule has 6 rings (SSSR count). The minimum atomic E-state index is -1.02. The number of aromatic hydroxyl groups is 1. The lowest BCUT2D eigenvalue weighted by Gasteiger charge is -2.55. The molecule has 2 N–H and O–H groups in total. The number of aromatic carboxylic acids is 1. The van der Waals surface area contributed by atoms with E-state index in [1.807, 2.05) is 60.7 Å². The predicted octanol–water partition coefficient (Wildman–Crippen LogP) is 4.74. The van der Waals surface area contributed by atoms with Crippen molar-refractivity contribution in [3.63, 3.8) is 0 Å². The lowest BCUT2D eigenvalue weighted by Crippen LogP contribution is -2.75. The molecule has 2 heterocycles. The summed E-state index contributed by atoms with van der Waals surface area (Å²) in [7, 11) is 0. The molecule has 250 valence electrons. The van der Waals surface area contributed by atoms with Crippen LogP contribution in [0.3, 0.4) is 0 Å². The van der Waals surface area contributed by atoms with Crippen LogP contribution in [0.15, 0.2) is 116 Å². The van der Waals surface area contributed by atoms with Crippen molar-refractivity contribution in [3.8, 4) is 16.9 Å². The van der Waals surface area contributed by atoms with Crippen molar-refractivity contribution < 1.29 is 29.4 Å². The van der Waals surface area contributed by atoms with Gasteiger partial charge in [0.1, 0.15) is 18.0 Å². The predicted molar refractivity (Wildman–Crippen MR) is 184 cm³/mol. The van der Waals surface area contributed by atoms with Crippen LogP contribution in [0.1, 0.15) is 33.5 Å². The van der Waals surface area contributed by atoms with Gasteiger partial charge in [-0.15, -0.1) is 6.58 Å². The number of carbonyl (C=O) groups excluding carboxylic acids is 3. The molecule has 0 radical (unpaired) electrons. The molecule has 3 amide bonds. The van der Waals surface area contributed by atoms with Gasteiger partial charge in [0, 0.05) is 25.9 Å². The van der Waals surface area contributed by atoms with E-state index >= 15 is 0 Å². The normalized spacial score (nSPS) is 17.9. The molecule has 4 aromatic carbocycles. The van der Waals surface area contributed by atoms with Crippen molar-refractivity contribution in [1.82, 2.24) is 19.8 Å². The summed E-state index contributed by atoms with van der Waals surface area (Å²) in [6.07, 6.45) is 1.84. The molecular formula is C39H38N4O6. The van der Waals surface area contributed by atoms with Crippen LogP contribution < -0.4 is 0 Å². The summed E-state index contributed by atoms with van der Waals surface area (Å²) in [5.41, 5.74) is 4.31. The Labute approximate surface area is 285 Å². The second-order valence-corrected chi connectivity index (χ2v) is 12.3. The van der Waals surface area contributed by atoms with Gasteiger partial charge < -0.3 is 20.0 Å². The highest BCUT2D eigenvalue weighted by Crippen LogP contribution is 2.31. The zero-order valence-electron chi connectivity index (χ0n) is 27.0. The zero-order chi connectivity index (χ0) is 34.5. The minimum absolute atomic E-state index is 0.0730. The highest BCUT2D eigenvalue weighted by atomic mass is 16.4. The van der Waals surface area contributed by atoms with E-state index in [4.69, 9.17) is 0 Å². The molecule has 0 saturated carbocycles. The van der Waals surface area contributed by atoms with E-state index in [-0.39, 0.29) is 68.1 Å².